The highest BCUT2D eigenvalue weighted by molar-refractivity contribution is 6.35. The van der Waals surface area contributed by atoms with Gasteiger partial charge in [0.25, 0.3) is 0 Å². The molecule has 0 atom stereocenters. The third-order valence-corrected chi connectivity index (χ3v) is 4.20. The predicted octanol–water partition coefficient (Wildman–Crippen LogP) is 6.97. The Bertz CT molecular complexity index is 949. The van der Waals surface area contributed by atoms with Crippen molar-refractivity contribution >= 4 is 46.5 Å². The van der Waals surface area contributed by atoms with Crippen molar-refractivity contribution in [2.24, 2.45) is 0 Å². The fourth-order valence-electron chi connectivity index (χ4n) is 2.21. The van der Waals surface area contributed by atoms with Crippen molar-refractivity contribution in [3.05, 3.63) is 81.0 Å². The van der Waals surface area contributed by atoms with Crippen LogP contribution in [0, 0.1) is 11.3 Å². The molecule has 0 unspecified atom stereocenters. The van der Waals surface area contributed by atoms with E-state index in [0.717, 1.165) is 5.56 Å². The first-order chi connectivity index (χ1) is 11.6. The maximum atomic E-state index is 9.38. The summed E-state index contributed by atoms with van der Waals surface area (Å²) in [6.45, 7) is 0. The van der Waals surface area contributed by atoms with Gasteiger partial charge in [-0.05, 0) is 54.1 Å². The summed E-state index contributed by atoms with van der Waals surface area (Å²) < 4.78 is 5.79. The van der Waals surface area contributed by atoms with Crippen LogP contribution in [0.25, 0.3) is 23.0 Å². The zero-order chi connectivity index (χ0) is 17.1. The van der Waals surface area contributed by atoms with E-state index < -0.39 is 0 Å². The number of hydrogen-bond donors (Lipinski definition) is 0. The number of nitriles is 1. The molecule has 0 aliphatic rings. The van der Waals surface area contributed by atoms with Crippen LogP contribution in [-0.2, 0) is 0 Å². The first-order valence-corrected chi connectivity index (χ1v) is 8.13. The molecule has 1 aromatic heterocycles. The third-order valence-electron chi connectivity index (χ3n) is 3.38. The number of hydrogen-bond acceptors (Lipinski definition) is 2. The molecule has 0 aliphatic heterocycles. The summed E-state index contributed by atoms with van der Waals surface area (Å²) in [5, 5.41) is 11.1. The van der Waals surface area contributed by atoms with Crippen molar-refractivity contribution in [2.45, 2.75) is 0 Å². The van der Waals surface area contributed by atoms with Crippen molar-refractivity contribution in [1.29, 1.82) is 5.26 Å². The number of furan rings is 1. The molecule has 0 aliphatic carbocycles. The Morgan fingerprint density at radius 1 is 0.917 bits per heavy atom. The summed E-state index contributed by atoms with van der Waals surface area (Å²) in [5.41, 5.74) is 1.94. The quantitative estimate of drug-likeness (QED) is 0.464. The molecule has 0 saturated heterocycles. The second kappa shape index (κ2) is 7.15. The van der Waals surface area contributed by atoms with E-state index in [2.05, 4.69) is 6.07 Å². The van der Waals surface area contributed by atoms with Gasteiger partial charge in [-0.2, -0.15) is 5.26 Å². The largest absolute Gasteiger partial charge is 0.457 e. The Hall–Kier alpha value is -2.18. The molecular weight excluding hydrogens is 365 g/mol. The summed E-state index contributed by atoms with van der Waals surface area (Å²) in [4.78, 5) is 0. The van der Waals surface area contributed by atoms with Crippen molar-refractivity contribution < 1.29 is 4.42 Å². The van der Waals surface area contributed by atoms with Crippen molar-refractivity contribution in [1.82, 2.24) is 0 Å². The van der Waals surface area contributed by atoms with Crippen LogP contribution in [-0.4, -0.2) is 0 Å². The molecule has 3 aromatic rings. The molecule has 118 valence electrons. The Balaban J connectivity index is 1.96. The predicted molar refractivity (Wildman–Crippen MR) is 99.1 cm³/mol. The van der Waals surface area contributed by atoms with E-state index in [9.17, 15) is 5.26 Å². The summed E-state index contributed by atoms with van der Waals surface area (Å²) in [6, 6.07) is 17.9. The van der Waals surface area contributed by atoms with E-state index in [-0.39, 0.29) is 0 Å². The number of allylic oxidation sites excluding steroid dienone is 1. The van der Waals surface area contributed by atoms with Crippen molar-refractivity contribution in [2.75, 3.05) is 0 Å². The van der Waals surface area contributed by atoms with Gasteiger partial charge in [0.15, 0.2) is 0 Å². The van der Waals surface area contributed by atoms with Gasteiger partial charge in [0.2, 0.25) is 0 Å². The third kappa shape index (κ3) is 3.66. The van der Waals surface area contributed by atoms with Gasteiger partial charge in [-0.1, -0.05) is 46.9 Å². The SMILES string of the molecule is N#CC(=Cc1ccc(-c2cc(Cl)ccc2Cl)o1)c1ccc(Cl)cc1. The molecule has 0 radical (unpaired) electrons. The van der Waals surface area contributed by atoms with Gasteiger partial charge >= 0.3 is 0 Å². The lowest BCUT2D eigenvalue weighted by Crippen LogP contribution is -1.80. The van der Waals surface area contributed by atoms with Gasteiger partial charge in [0.05, 0.1) is 16.7 Å². The molecular formula is C19H10Cl3NO. The molecule has 1 heterocycles. The Labute approximate surface area is 154 Å². The average Bonchev–Trinajstić information content (AvgIpc) is 3.04. The molecule has 0 saturated carbocycles. The maximum Gasteiger partial charge on any atom is 0.136 e. The highest BCUT2D eigenvalue weighted by atomic mass is 35.5. The monoisotopic (exact) mass is 373 g/mol. The van der Waals surface area contributed by atoms with Gasteiger partial charge in [0.1, 0.15) is 11.5 Å². The van der Waals surface area contributed by atoms with Crippen molar-refractivity contribution in [3.8, 4) is 17.4 Å². The molecule has 0 N–H and O–H groups in total. The number of rotatable bonds is 3. The normalized spacial score (nSPS) is 11.3. The Morgan fingerprint density at radius 3 is 2.33 bits per heavy atom. The van der Waals surface area contributed by atoms with E-state index >= 15 is 0 Å². The number of halogens is 3. The molecule has 0 amide bonds. The fourth-order valence-corrected chi connectivity index (χ4v) is 2.72. The smallest absolute Gasteiger partial charge is 0.136 e. The molecule has 2 aromatic carbocycles. The van der Waals surface area contributed by atoms with Crippen LogP contribution >= 0.6 is 34.8 Å². The van der Waals surface area contributed by atoms with Gasteiger partial charge < -0.3 is 4.42 Å². The lowest BCUT2D eigenvalue weighted by molar-refractivity contribution is 0.572. The van der Waals surface area contributed by atoms with Crippen molar-refractivity contribution in [3.63, 3.8) is 0 Å². The highest BCUT2D eigenvalue weighted by Crippen LogP contribution is 2.32. The van der Waals surface area contributed by atoms with E-state index in [1.807, 2.05) is 0 Å². The maximum absolute atomic E-state index is 9.38. The topological polar surface area (TPSA) is 36.9 Å². The van der Waals surface area contributed by atoms with Crippen LogP contribution in [0.15, 0.2) is 59.0 Å². The minimum absolute atomic E-state index is 0.477. The molecule has 3 rings (SSSR count). The van der Waals surface area contributed by atoms with Gasteiger partial charge in [-0.3, -0.25) is 0 Å². The summed E-state index contributed by atoms with van der Waals surface area (Å²) >= 11 is 18.1. The van der Waals surface area contributed by atoms with E-state index in [0.29, 0.717) is 37.7 Å². The summed E-state index contributed by atoms with van der Waals surface area (Å²) in [6.07, 6.45) is 1.67. The zero-order valence-corrected chi connectivity index (χ0v) is 14.5. The van der Waals surface area contributed by atoms with Gasteiger partial charge in [-0.15, -0.1) is 0 Å². The van der Waals surface area contributed by atoms with Crippen LogP contribution in [0.3, 0.4) is 0 Å². The van der Waals surface area contributed by atoms with Crippen LogP contribution in [0.1, 0.15) is 11.3 Å². The van der Waals surface area contributed by atoms with Gasteiger partial charge in [0, 0.05) is 15.6 Å². The number of benzene rings is 2. The molecule has 5 heteroatoms. The molecule has 2 nitrogen and oxygen atoms in total. The number of nitrogens with zero attached hydrogens (tertiary/aromatic N) is 1. The Kier molecular flexibility index (Phi) is 4.97. The summed E-state index contributed by atoms with van der Waals surface area (Å²) in [5.74, 6) is 1.13. The first kappa shape index (κ1) is 16.7. The standard InChI is InChI=1S/C19H10Cl3NO/c20-14-3-1-12(2-4-14)13(11-23)9-16-6-8-19(24-16)17-10-15(21)5-7-18(17)22/h1-10H. The van der Waals surface area contributed by atoms with E-state index in [1.165, 1.54) is 0 Å². The summed E-state index contributed by atoms with van der Waals surface area (Å²) in [7, 11) is 0. The lowest BCUT2D eigenvalue weighted by Gasteiger charge is -2.01. The van der Waals surface area contributed by atoms with E-state index in [4.69, 9.17) is 39.2 Å². The first-order valence-electron chi connectivity index (χ1n) is 7.00. The van der Waals surface area contributed by atoms with Crippen LogP contribution < -0.4 is 0 Å². The second-order valence-corrected chi connectivity index (χ2v) is 6.28. The molecule has 0 spiro atoms. The van der Waals surface area contributed by atoms with Gasteiger partial charge in [-0.25, -0.2) is 0 Å². The zero-order valence-electron chi connectivity index (χ0n) is 12.3. The Morgan fingerprint density at radius 2 is 1.62 bits per heavy atom. The van der Waals surface area contributed by atoms with Crippen LogP contribution in [0.5, 0.6) is 0 Å². The van der Waals surface area contributed by atoms with Crippen LogP contribution in [0.4, 0.5) is 0 Å². The molecule has 0 bridgehead atoms. The highest BCUT2D eigenvalue weighted by Gasteiger charge is 2.10. The second-order valence-electron chi connectivity index (χ2n) is 5.00. The lowest BCUT2D eigenvalue weighted by atomic mass is 10.1. The average molecular weight is 375 g/mol. The minimum atomic E-state index is 0.477. The molecule has 0 fully saturated rings. The van der Waals surface area contributed by atoms with E-state index in [1.54, 1.807) is 60.7 Å². The molecule has 24 heavy (non-hydrogen) atoms. The minimum Gasteiger partial charge on any atom is -0.457 e. The fraction of sp³-hybridized carbons (Fsp3) is 0. The van der Waals surface area contributed by atoms with Crippen LogP contribution in [0.2, 0.25) is 15.1 Å².